The first-order valence-corrected chi connectivity index (χ1v) is 12.1. The van der Waals surface area contributed by atoms with E-state index >= 15 is 0 Å². The lowest BCUT2D eigenvalue weighted by molar-refractivity contribution is -0.123. The van der Waals surface area contributed by atoms with E-state index in [0.717, 1.165) is 37.2 Å². The van der Waals surface area contributed by atoms with Crippen molar-refractivity contribution >= 4 is 23.2 Å². The molecule has 1 unspecified atom stereocenters. The van der Waals surface area contributed by atoms with Crippen LogP contribution in [0.15, 0.2) is 54.7 Å². The first kappa shape index (κ1) is 24.6. The van der Waals surface area contributed by atoms with Crippen molar-refractivity contribution in [2.45, 2.75) is 51.2 Å². The Morgan fingerprint density at radius 2 is 1.97 bits per heavy atom. The van der Waals surface area contributed by atoms with Gasteiger partial charge >= 0.3 is 0 Å². The Bertz CT molecular complexity index is 1180. The van der Waals surface area contributed by atoms with Crippen LogP contribution >= 0.6 is 11.6 Å². The number of carbonyl (C=O) groups excluding carboxylic acids is 1. The number of nitrogens with zero attached hydrogens (tertiary/aromatic N) is 5. The zero-order valence-electron chi connectivity index (χ0n) is 19.9. The summed E-state index contributed by atoms with van der Waals surface area (Å²) in [6, 6.07) is 16.5. The molecule has 0 bridgehead atoms. The lowest BCUT2D eigenvalue weighted by atomic mass is 10.0. The van der Waals surface area contributed by atoms with Crippen molar-refractivity contribution in [3.63, 3.8) is 0 Å². The summed E-state index contributed by atoms with van der Waals surface area (Å²) in [4.78, 5) is 15.3. The number of aromatic nitrogens is 3. The van der Waals surface area contributed by atoms with E-state index in [1.807, 2.05) is 44.3 Å². The van der Waals surface area contributed by atoms with Crippen LogP contribution < -0.4 is 15.0 Å². The molecule has 1 aliphatic heterocycles. The molecule has 0 spiro atoms. The molecule has 0 radical (unpaired) electrons. The van der Waals surface area contributed by atoms with E-state index in [2.05, 4.69) is 26.6 Å². The van der Waals surface area contributed by atoms with Crippen LogP contribution in [0.25, 0.3) is 0 Å². The SMILES string of the molecule is CC(C)(NC(=O)C1CCCN1c1ccc(C#N)cc1)c1cn(CCCOc2ccc(Cl)cc2)nn1. The van der Waals surface area contributed by atoms with E-state index in [9.17, 15) is 4.79 Å². The van der Waals surface area contributed by atoms with Gasteiger partial charge in [-0.3, -0.25) is 9.48 Å². The van der Waals surface area contributed by atoms with Crippen LogP contribution in [0, 0.1) is 11.3 Å². The number of rotatable bonds is 9. The number of halogens is 1. The van der Waals surface area contributed by atoms with Crippen molar-refractivity contribution in [2.75, 3.05) is 18.1 Å². The van der Waals surface area contributed by atoms with E-state index < -0.39 is 5.54 Å². The highest BCUT2D eigenvalue weighted by atomic mass is 35.5. The van der Waals surface area contributed by atoms with E-state index in [1.54, 1.807) is 28.9 Å². The highest BCUT2D eigenvalue weighted by molar-refractivity contribution is 6.30. The lowest BCUT2D eigenvalue weighted by Gasteiger charge is -2.30. The number of hydrogen-bond donors (Lipinski definition) is 1. The third-order valence-electron chi connectivity index (χ3n) is 6.11. The Kier molecular flexibility index (Phi) is 7.57. The fourth-order valence-electron chi connectivity index (χ4n) is 4.17. The molecule has 1 amide bonds. The topological polar surface area (TPSA) is 96.1 Å². The van der Waals surface area contributed by atoms with Gasteiger partial charge < -0.3 is 15.0 Å². The van der Waals surface area contributed by atoms with Crippen LogP contribution in [-0.2, 0) is 16.9 Å². The summed E-state index contributed by atoms with van der Waals surface area (Å²) >= 11 is 5.89. The second-order valence-electron chi connectivity index (χ2n) is 9.15. The highest BCUT2D eigenvalue weighted by Gasteiger charge is 2.35. The van der Waals surface area contributed by atoms with Gasteiger partial charge in [0.2, 0.25) is 5.91 Å². The highest BCUT2D eigenvalue weighted by Crippen LogP contribution is 2.27. The monoisotopic (exact) mass is 492 g/mol. The predicted octanol–water partition coefficient (Wildman–Crippen LogP) is 4.29. The van der Waals surface area contributed by atoms with Gasteiger partial charge in [0, 0.05) is 30.2 Å². The molecule has 9 heteroatoms. The van der Waals surface area contributed by atoms with Crippen molar-refractivity contribution < 1.29 is 9.53 Å². The second kappa shape index (κ2) is 10.8. The van der Waals surface area contributed by atoms with Crippen molar-refractivity contribution in [1.82, 2.24) is 20.3 Å². The first-order chi connectivity index (χ1) is 16.9. The smallest absolute Gasteiger partial charge is 0.243 e. The van der Waals surface area contributed by atoms with E-state index in [1.165, 1.54) is 0 Å². The third kappa shape index (κ3) is 6.11. The number of ether oxygens (including phenoxy) is 1. The number of nitriles is 1. The van der Waals surface area contributed by atoms with Gasteiger partial charge in [0.05, 0.1) is 30.0 Å². The number of aryl methyl sites for hydroxylation is 1. The number of nitrogens with one attached hydrogen (secondary N) is 1. The molecular weight excluding hydrogens is 464 g/mol. The first-order valence-electron chi connectivity index (χ1n) is 11.7. The predicted molar refractivity (Wildman–Crippen MR) is 134 cm³/mol. The molecule has 1 atom stereocenters. The molecular formula is C26H29ClN6O2. The molecule has 2 heterocycles. The van der Waals surface area contributed by atoms with Crippen LogP contribution in [0.5, 0.6) is 5.75 Å². The summed E-state index contributed by atoms with van der Waals surface area (Å²) in [6.07, 6.45) is 4.35. The molecule has 2 aromatic carbocycles. The maximum atomic E-state index is 13.2. The van der Waals surface area contributed by atoms with Gasteiger partial charge in [-0.05, 0) is 75.2 Å². The summed E-state index contributed by atoms with van der Waals surface area (Å²) in [7, 11) is 0. The molecule has 3 aromatic rings. The summed E-state index contributed by atoms with van der Waals surface area (Å²) in [5, 5.41) is 21.4. The average molecular weight is 493 g/mol. The zero-order chi connectivity index (χ0) is 24.8. The molecule has 8 nitrogen and oxygen atoms in total. The zero-order valence-corrected chi connectivity index (χ0v) is 20.7. The maximum absolute atomic E-state index is 13.2. The minimum absolute atomic E-state index is 0.0391. The van der Waals surface area contributed by atoms with Gasteiger partial charge in [-0.15, -0.1) is 5.10 Å². The Morgan fingerprint density at radius 1 is 1.23 bits per heavy atom. The Labute approximate surface area is 210 Å². The Hall–Kier alpha value is -3.57. The van der Waals surface area contributed by atoms with Gasteiger partial charge in [-0.25, -0.2) is 0 Å². The molecule has 0 aliphatic carbocycles. The van der Waals surface area contributed by atoms with E-state index in [-0.39, 0.29) is 11.9 Å². The minimum atomic E-state index is -0.673. The lowest BCUT2D eigenvalue weighted by Crippen LogP contribution is -2.50. The summed E-state index contributed by atoms with van der Waals surface area (Å²) < 4.78 is 7.50. The Balaban J connectivity index is 1.31. The molecule has 1 aromatic heterocycles. The summed E-state index contributed by atoms with van der Waals surface area (Å²) in [5.74, 6) is 0.738. The molecule has 182 valence electrons. The van der Waals surface area contributed by atoms with E-state index in [4.69, 9.17) is 21.6 Å². The van der Waals surface area contributed by atoms with Gasteiger partial charge in [-0.2, -0.15) is 5.26 Å². The molecule has 1 fully saturated rings. The van der Waals surface area contributed by atoms with Crippen molar-refractivity contribution in [3.8, 4) is 11.8 Å². The molecule has 4 rings (SSSR count). The second-order valence-corrected chi connectivity index (χ2v) is 9.58. The molecule has 1 N–H and O–H groups in total. The van der Waals surface area contributed by atoms with Gasteiger partial charge in [-0.1, -0.05) is 16.8 Å². The van der Waals surface area contributed by atoms with E-state index in [0.29, 0.717) is 29.4 Å². The van der Waals surface area contributed by atoms with Crippen molar-refractivity contribution in [2.24, 2.45) is 0 Å². The third-order valence-corrected chi connectivity index (χ3v) is 6.36. The Morgan fingerprint density at radius 3 is 2.69 bits per heavy atom. The van der Waals surface area contributed by atoms with Gasteiger partial charge in [0.25, 0.3) is 0 Å². The average Bonchev–Trinajstić information content (AvgIpc) is 3.53. The van der Waals surface area contributed by atoms with Crippen molar-refractivity contribution in [1.29, 1.82) is 5.26 Å². The van der Waals surface area contributed by atoms with Crippen molar-refractivity contribution in [3.05, 3.63) is 71.0 Å². The minimum Gasteiger partial charge on any atom is -0.494 e. The molecule has 1 saturated heterocycles. The van der Waals surface area contributed by atoms with Crippen LogP contribution in [0.3, 0.4) is 0 Å². The quantitative estimate of drug-likeness (QED) is 0.447. The molecule has 1 aliphatic rings. The number of amides is 1. The maximum Gasteiger partial charge on any atom is 0.243 e. The van der Waals surface area contributed by atoms with Crippen LogP contribution in [0.2, 0.25) is 5.02 Å². The number of benzene rings is 2. The number of hydrogen-bond acceptors (Lipinski definition) is 6. The number of carbonyl (C=O) groups is 1. The van der Waals surface area contributed by atoms with Crippen LogP contribution in [0.4, 0.5) is 5.69 Å². The fourth-order valence-corrected chi connectivity index (χ4v) is 4.30. The van der Waals surface area contributed by atoms with Crippen LogP contribution in [0.1, 0.15) is 44.4 Å². The fraction of sp³-hybridized carbons (Fsp3) is 0.385. The normalized spacial score (nSPS) is 15.6. The summed E-state index contributed by atoms with van der Waals surface area (Å²) in [5.41, 5.74) is 1.59. The largest absolute Gasteiger partial charge is 0.494 e. The summed E-state index contributed by atoms with van der Waals surface area (Å²) in [6.45, 7) is 5.87. The molecule has 0 saturated carbocycles. The van der Waals surface area contributed by atoms with Crippen LogP contribution in [-0.4, -0.2) is 40.1 Å². The molecule has 35 heavy (non-hydrogen) atoms. The van der Waals surface area contributed by atoms with Gasteiger partial charge in [0.15, 0.2) is 0 Å². The number of anilines is 1. The van der Waals surface area contributed by atoms with Gasteiger partial charge in [0.1, 0.15) is 17.5 Å². The standard InChI is InChI=1S/C26H29ClN6O2/c1-26(2,24-18-32(31-30-24)14-4-16-35-22-12-8-20(27)9-13-22)29-25(34)23-5-3-15-33(23)21-10-6-19(17-28)7-11-21/h6-13,18,23H,3-5,14-16H2,1-2H3,(H,29,34).